The van der Waals surface area contributed by atoms with E-state index >= 15 is 0 Å². The number of aromatic amines is 1. The lowest BCUT2D eigenvalue weighted by atomic mass is 10.0. The summed E-state index contributed by atoms with van der Waals surface area (Å²) in [5.41, 5.74) is 2.55. The summed E-state index contributed by atoms with van der Waals surface area (Å²) in [6.07, 6.45) is 3.40. The standard InChI is InChI=1S/C21H16F3N3O2/c1-13(5-4-8-25-2)15-10-17-18(12-27-20(17)26-11-15)19(28)14-6-3-7-16(9-14)29-21(22,23)24/h3-12H,2H2,1H3,(H,26,27)/b8-4-,13-5+. The molecular formula is C21H16F3N3O2. The summed E-state index contributed by atoms with van der Waals surface area (Å²) >= 11 is 0. The maximum atomic E-state index is 12.9. The molecule has 0 aliphatic carbocycles. The Morgan fingerprint density at radius 2 is 2.07 bits per heavy atom. The second kappa shape index (κ2) is 8.14. The van der Waals surface area contributed by atoms with E-state index in [1.807, 2.05) is 13.0 Å². The van der Waals surface area contributed by atoms with Crippen molar-refractivity contribution >= 4 is 29.1 Å². The summed E-state index contributed by atoms with van der Waals surface area (Å²) in [7, 11) is 0. The van der Waals surface area contributed by atoms with Crippen molar-refractivity contribution in [3.05, 3.63) is 77.8 Å². The first kappa shape index (κ1) is 20.1. The zero-order chi connectivity index (χ0) is 21.0. The molecule has 0 spiro atoms. The predicted octanol–water partition coefficient (Wildman–Crippen LogP) is 5.31. The van der Waals surface area contributed by atoms with Crippen LogP contribution in [0, 0.1) is 0 Å². The summed E-state index contributed by atoms with van der Waals surface area (Å²) in [5, 5.41) is 0.563. The molecule has 3 aromatic rings. The van der Waals surface area contributed by atoms with E-state index in [2.05, 4.69) is 26.4 Å². The molecule has 0 saturated heterocycles. The number of hydrogen-bond acceptors (Lipinski definition) is 4. The molecule has 3 rings (SSSR count). The number of ketones is 1. The molecule has 0 bridgehead atoms. The molecule has 1 N–H and O–H groups in total. The van der Waals surface area contributed by atoms with E-state index in [1.54, 1.807) is 18.3 Å². The van der Waals surface area contributed by atoms with Gasteiger partial charge in [0.2, 0.25) is 0 Å². The number of alkyl halides is 3. The zero-order valence-corrected chi connectivity index (χ0v) is 15.3. The van der Waals surface area contributed by atoms with Crippen LogP contribution in [-0.4, -0.2) is 28.8 Å². The fourth-order valence-electron chi connectivity index (χ4n) is 2.74. The van der Waals surface area contributed by atoms with Gasteiger partial charge in [0.25, 0.3) is 0 Å². The monoisotopic (exact) mass is 399 g/mol. The van der Waals surface area contributed by atoms with Gasteiger partial charge in [-0.1, -0.05) is 18.2 Å². The molecule has 0 saturated carbocycles. The van der Waals surface area contributed by atoms with Crippen molar-refractivity contribution in [2.24, 2.45) is 4.99 Å². The number of nitrogens with one attached hydrogen (secondary N) is 1. The normalized spacial score (nSPS) is 12.5. The van der Waals surface area contributed by atoms with E-state index in [9.17, 15) is 18.0 Å². The van der Waals surface area contributed by atoms with Crippen molar-refractivity contribution in [2.75, 3.05) is 0 Å². The summed E-state index contributed by atoms with van der Waals surface area (Å²) in [5.74, 6) is -0.899. The highest BCUT2D eigenvalue weighted by atomic mass is 19.4. The van der Waals surface area contributed by atoms with E-state index in [1.165, 1.54) is 24.5 Å². The number of nitrogens with zero attached hydrogens (tertiary/aromatic N) is 2. The van der Waals surface area contributed by atoms with Crippen LogP contribution in [0.3, 0.4) is 0 Å². The van der Waals surface area contributed by atoms with Crippen LogP contribution in [0.2, 0.25) is 0 Å². The van der Waals surface area contributed by atoms with Gasteiger partial charge in [0.15, 0.2) is 5.78 Å². The minimum atomic E-state index is -4.83. The van der Waals surface area contributed by atoms with Gasteiger partial charge in [-0.05, 0) is 49.1 Å². The van der Waals surface area contributed by atoms with Gasteiger partial charge in [-0.15, -0.1) is 13.2 Å². The molecule has 1 aromatic carbocycles. The second-order valence-corrected chi connectivity index (χ2v) is 6.10. The number of aliphatic imine (C=N–C) groups is 1. The number of carbonyl (C=O) groups excluding carboxylic acids is 1. The minimum absolute atomic E-state index is 0.0744. The van der Waals surface area contributed by atoms with Crippen molar-refractivity contribution in [1.82, 2.24) is 9.97 Å². The number of ether oxygens (including phenoxy) is 1. The highest BCUT2D eigenvalue weighted by Crippen LogP contribution is 2.27. The van der Waals surface area contributed by atoms with E-state index in [0.29, 0.717) is 16.6 Å². The van der Waals surface area contributed by atoms with Crippen LogP contribution in [0.5, 0.6) is 5.75 Å². The highest BCUT2D eigenvalue weighted by Gasteiger charge is 2.31. The lowest BCUT2D eigenvalue weighted by molar-refractivity contribution is -0.274. The Bertz CT molecular complexity index is 1130. The number of benzene rings is 1. The van der Waals surface area contributed by atoms with Gasteiger partial charge in [-0.2, -0.15) is 0 Å². The molecule has 0 aliphatic rings. The van der Waals surface area contributed by atoms with E-state index in [-0.39, 0.29) is 5.56 Å². The molecule has 0 aliphatic heterocycles. The number of aromatic nitrogens is 2. The third-order valence-electron chi connectivity index (χ3n) is 4.10. The first-order chi connectivity index (χ1) is 13.8. The van der Waals surface area contributed by atoms with Crippen LogP contribution in [0.15, 0.2) is 66.1 Å². The van der Waals surface area contributed by atoms with Gasteiger partial charge in [0.1, 0.15) is 11.4 Å². The number of allylic oxidation sites excluding steroid dienone is 3. The van der Waals surface area contributed by atoms with Gasteiger partial charge < -0.3 is 9.72 Å². The van der Waals surface area contributed by atoms with E-state index in [4.69, 9.17) is 0 Å². The molecule has 0 atom stereocenters. The lowest BCUT2D eigenvalue weighted by Crippen LogP contribution is -2.17. The maximum Gasteiger partial charge on any atom is 0.573 e. The van der Waals surface area contributed by atoms with Crippen molar-refractivity contribution in [3.8, 4) is 5.75 Å². The largest absolute Gasteiger partial charge is 0.573 e. The van der Waals surface area contributed by atoms with Gasteiger partial charge in [-0.25, -0.2) is 4.98 Å². The fourth-order valence-corrected chi connectivity index (χ4v) is 2.74. The topological polar surface area (TPSA) is 67.3 Å². The Morgan fingerprint density at radius 3 is 2.79 bits per heavy atom. The van der Waals surface area contributed by atoms with E-state index < -0.39 is 17.9 Å². The maximum absolute atomic E-state index is 12.9. The zero-order valence-electron chi connectivity index (χ0n) is 15.3. The number of hydrogen-bond donors (Lipinski definition) is 1. The number of halogens is 3. The third-order valence-corrected chi connectivity index (χ3v) is 4.10. The van der Waals surface area contributed by atoms with Crippen molar-refractivity contribution in [3.63, 3.8) is 0 Å². The molecule has 0 amide bonds. The van der Waals surface area contributed by atoms with Crippen LogP contribution >= 0.6 is 0 Å². The summed E-state index contributed by atoms with van der Waals surface area (Å²) in [6.45, 7) is 5.24. The molecule has 2 heterocycles. The van der Waals surface area contributed by atoms with Gasteiger partial charge >= 0.3 is 6.36 Å². The number of pyridine rings is 1. The van der Waals surface area contributed by atoms with Crippen LogP contribution in [0.4, 0.5) is 13.2 Å². The first-order valence-corrected chi connectivity index (χ1v) is 8.46. The first-order valence-electron chi connectivity index (χ1n) is 8.46. The molecule has 0 radical (unpaired) electrons. The van der Waals surface area contributed by atoms with Crippen LogP contribution < -0.4 is 4.74 Å². The van der Waals surface area contributed by atoms with Crippen LogP contribution in [0.1, 0.15) is 28.4 Å². The summed E-state index contributed by atoms with van der Waals surface area (Å²) in [4.78, 5) is 23.7. The predicted molar refractivity (Wildman–Crippen MR) is 105 cm³/mol. The smallest absolute Gasteiger partial charge is 0.406 e. The average Bonchev–Trinajstić information content (AvgIpc) is 3.09. The molecule has 5 nitrogen and oxygen atoms in total. The van der Waals surface area contributed by atoms with Gasteiger partial charge in [0, 0.05) is 35.1 Å². The lowest BCUT2D eigenvalue weighted by Gasteiger charge is -2.09. The van der Waals surface area contributed by atoms with Crippen molar-refractivity contribution in [2.45, 2.75) is 13.3 Å². The second-order valence-electron chi connectivity index (χ2n) is 6.10. The Labute approximate surface area is 164 Å². The Morgan fingerprint density at radius 1 is 1.28 bits per heavy atom. The van der Waals surface area contributed by atoms with Crippen molar-refractivity contribution in [1.29, 1.82) is 0 Å². The van der Waals surface area contributed by atoms with E-state index in [0.717, 1.165) is 23.3 Å². The SMILES string of the molecule is C=N/C=C\C=C(/C)c1cnc2[nH]cc(C(=O)c3cccc(OC(F)(F)F)c3)c2c1. The van der Waals surface area contributed by atoms with Crippen LogP contribution in [-0.2, 0) is 0 Å². The minimum Gasteiger partial charge on any atom is -0.406 e. The molecule has 0 fully saturated rings. The average molecular weight is 399 g/mol. The van der Waals surface area contributed by atoms with Gasteiger partial charge in [-0.3, -0.25) is 9.79 Å². The van der Waals surface area contributed by atoms with Crippen molar-refractivity contribution < 1.29 is 22.7 Å². The highest BCUT2D eigenvalue weighted by molar-refractivity contribution is 6.16. The number of fused-ring (bicyclic) bond motifs is 1. The number of carbonyl (C=O) groups is 1. The molecule has 148 valence electrons. The van der Waals surface area contributed by atoms with Gasteiger partial charge in [0.05, 0.1) is 0 Å². The fraction of sp³-hybridized carbons (Fsp3) is 0.0952. The third kappa shape index (κ3) is 4.78. The summed E-state index contributed by atoms with van der Waals surface area (Å²) in [6, 6.07) is 6.76. The molecule has 8 heteroatoms. The molecule has 29 heavy (non-hydrogen) atoms. The molecular weight excluding hydrogens is 383 g/mol. The number of H-pyrrole nitrogens is 1. The number of rotatable bonds is 6. The Hall–Kier alpha value is -3.68. The van der Waals surface area contributed by atoms with Crippen LogP contribution in [0.25, 0.3) is 16.6 Å². The Kier molecular flexibility index (Phi) is 5.63. The molecule has 2 aromatic heterocycles. The quantitative estimate of drug-likeness (QED) is 0.347. The summed E-state index contributed by atoms with van der Waals surface area (Å²) < 4.78 is 41.2. The Balaban J connectivity index is 1.97. The molecule has 0 unspecified atom stereocenters.